The molecular formula is C10H18O2. The van der Waals surface area contributed by atoms with E-state index in [-0.39, 0.29) is 5.92 Å². The topological polar surface area (TPSA) is 40.5 Å². The molecule has 2 atom stereocenters. The molecule has 0 aromatic heterocycles. The highest BCUT2D eigenvalue weighted by molar-refractivity contribution is 5.08. The minimum atomic E-state index is -0.833. The van der Waals surface area contributed by atoms with Crippen molar-refractivity contribution >= 4 is 0 Å². The Labute approximate surface area is 73.9 Å². The molecule has 0 fully saturated rings. The molecule has 0 saturated heterocycles. The van der Waals surface area contributed by atoms with E-state index in [9.17, 15) is 10.2 Å². The highest BCUT2D eigenvalue weighted by Crippen LogP contribution is 2.35. The van der Waals surface area contributed by atoms with Gasteiger partial charge in [-0.15, -0.1) is 0 Å². The van der Waals surface area contributed by atoms with Gasteiger partial charge in [0.05, 0.1) is 11.2 Å². The molecule has 12 heavy (non-hydrogen) atoms. The zero-order valence-corrected chi connectivity index (χ0v) is 8.04. The molecule has 0 aromatic rings. The molecule has 2 nitrogen and oxygen atoms in total. The second kappa shape index (κ2) is 2.86. The number of rotatable bonds is 1. The van der Waals surface area contributed by atoms with Crippen LogP contribution in [0, 0.1) is 5.92 Å². The van der Waals surface area contributed by atoms with Crippen LogP contribution in [-0.2, 0) is 0 Å². The first kappa shape index (κ1) is 9.75. The average molecular weight is 170 g/mol. The molecule has 0 aliphatic heterocycles. The third-order valence-electron chi connectivity index (χ3n) is 2.58. The molecule has 0 amide bonds. The largest absolute Gasteiger partial charge is 0.390 e. The maximum atomic E-state index is 9.96. The van der Waals surface area contributed by atoms with Crippen molar-refractivity contribution in [3.8, 4) is 0 Å². The van der Waals surface area contributed by atoms with Gasteiger partial charge >= 0.3 is 0 Å². The van der Waals surface area contributed by atoms with Gasteiger partial charge in [0.25, 0.3) is 0 Å². The molecule has 0 heterocycles. The third-order valence-corrected chi connectivity index (χ3v) is 2.58. The summed E-state index contributed by atoms with van der Waals surface area (Å²) in [7, 11) is 0. The Bertz CT molecular complexity index is 187. The maximum absolute atomic E-state index is 9.96. The molecule has 0 aromatic carbocycles. The van der Waals surface area contributed by atoms with Crippen LogP contribution in [0.2, 0.25) is 0 Å². The summed E-state index contributed by atoms with van der Waals surface area (Å²) < 4.78 is 0. The van der Waals surface area contributed by atoms with Gasteiger partial charge in [-0.1, -0.05) is 12.2 Å². The van der Waals surface area contributed by atoms with Gasteiger partial charge in [-0.2, -0.15) is 0 Å². The first-order valence-corrected chi connectivity index (χ1v) is 4.45. The predicted molar refractivity (Wildman–Crippen MR) is 48.8 cm³/mol. The Morgan fingerprint density at radius 1 is 1.50 bits per heavy atom. The molecular weight excluding hydrogens is 152 g/mol. The Hall–Kier alpha value is -0.340. The summed E-state index contributed by atoms with van der Waals surface area (Å²) in [6, 6.07) is 0. The van der Waals surface area contributed by atoms with E-state index in [1.54, 1.807) is 20.8 Å². The van der Waals surface area contributed by atoms with Gasteiger partial charge in [-0.05, 0) is 33.6 Å². The maximum Gasteiger partial charge on any atom is 0.0712 e. The molecule has 0 radical (unpaired) electrons. The first-order valence-electron chi connectivity index (χ1n) is 4.45. The lowest BCUT2D eigenvalue weighted by Gasteiger charge is -2.40. The first-order chi connectivity index (χ1) is 5.34. The van der Waals surface area contributed by atoms with Crippen LogP contribution < -0.4 is 0 Å². The average Bonchev–Trinajstić information content (AvgIpc) is 1.83. The summed E-state index contributed by atoms with van der Waals surface area (Å²) in [5.41, 5.74) is -1.59. The lowest BCUT2D eigenvalue weighted by molar-refractivity contribution is -0.0853. The van der Waals surface area contributed by atoms with Gasteiger partial charge in [-0.25, -0.2) is 0 Å². The minimum Gasteiger partial charge on any atom is -0.390 e. The normalized spacial score (nSPS) is 36.9. The number of hydrogen-bond donors (Lipinski definition) is 2. The zero-order valence-electron chi connectivity index (χ0n) is 8.04. The summed E-state index contributed by atoms with van der Waals surface area (Å²) >= 11 is 0. The van der Waals surface area contributed by atoms with Crippen molar-refractivity contribution < 1.29 is 10.2 Å². The van der Waals surface area contributed by atoms with Crippen molar-refractivity contribution in [3.63, 3.8) is 0 Å². The fraction of sp³-hybridized carbons (Fsp3) is 0.800. The number of allylic oxidation sites excluding steroid dienone is 1. The lowest BCUT2D eigenvalue weighted by atomic mass is 9.73. The van der Waals surface area contributed by atoms with Crippen LogP contribution in [0.5, 0.6) is 0 Å². The fourth-order valence-electron chi connectivity index (χ4n) is 1.97. The van der Waals surface area contributed by atoms with Gasteiger partial charge in [0, 0.05) is 5.92 Å². The smallest absolute Gasteiger partial charge is 0.0712 e. The lowest BCUT2D eigenvalue weighted by Crippen LogP contribution is -2.47. The Morgan fingerprint density at radius 2 is 2.08 bits per heavy atom. The molecule has 0 bridgehead atoms. The Balaban J connectivity index is 2.87. The van der Waals surface area contributed by atoms with Crippen molar-refractivity contribution in [3.05, 3.63) is 12.2 Å². The second-order valence-corrected chi connectivity index (χ2v) is 4.46. The van der Waals surface area contributed by atoms with Crippen LogP contribution in [0.1, 0.15) is 33.6 Å². The molecule has 1 aliphatic rings. The molecule has 0 saturated carbocycles. The summed E-state index contributed by atoms with van der Waals surface area (Å²) in [6.07, 6.45) is 5.59. The summed E-state index contributed by atoms with van der Waals surface area (Å²) in [5.74, 6) is -0.154. The molecule has 0 spiro atoms. The van der Waals surface area contributed by atoms with E-state index in [4.69, 9.17) is 0 Å². The summed E-state index contributed by atoms with van der Waals surface area (Å²) in [4.78, 5) is 0. The minimum absolute atomic E-state index is 0.154. The van der Waals surface area contributed by atoms with E-state index < -0.39 is 11.2 Å². The van der Waals surface area contributed by atoms with Crippen LogP contribution in [0.4, 0.5) is 0 Å². The van der Waals surface area contributed by atoms with Crippen LogP contribution in [-0.4, -0.2) is 21.4 Å². The van der Waals surface area contributed by atoms with E-state index in [0.717, 1.165) is 12.8 Å². The van der Waals surface area contributed by atoms with Crippen molar-refractivity contribution in [1.29, 1.82) is 0 Å². The molecule has 2 N–H and O–H groups in total. The van der Waals surface area contributed by atoms with Crippen molar-refractivity contribution in [1.82, 2.24) is 0 Å². The van der Waals surface area contributed by atoms with Crippen molar-refractivity contribution in [2.75, 3.05) is 0 Å². The van der Waals surface area contributed by atoms with Gasteiger partial charge in [0.2, 0.25) is 0 Å². The highest BCUT2D eigenvalue weighted by atomic mass is 16.3. The van der Waals surface area contributed by atoms with Gasteiger partial charge in [0.15, 0.2) is 0 Å². The van der Waals surface area contributed by atoms with E-state index >= 15 is 0 Å². The number of aliphatic hydroxyl groups is 2. The van der Waals surface area contributed by atoms with Crippen molar-refractivity contribution in [2.45, 2.75) is 44.8 Å². The molecule has 1 rings (SSSR count). The van der Waals surface area contributed by atoms with Crippen LogP contribution in [0.3, 0.4) is 0 Å². The Kier molecular flexibility index (Phi) is 2.32. The predicted octanol–water partition coefficient (Wildman–Crippen LogP) is 1.47. The van der Waals surface area contributed by atoms with E-state index in [1.807, 2.05) is 12.2 Å². The second-order valence-electron chi connectivity index (χ2n) is 4.46. The molecule has 2 heteroatoms. The van der Waals surface area contributed by atoms with Gasteiger partial charge in [-0.3, -0.25) is 0 Å². The summed E-state index contributed by atoms with van der Waals surface area (Å²) in [6.45, 7) is 5.27. The highest BCUT2D eigenvalue weighted by Gasteiger charge is 2.40. The van der Waals surface area contributed by atoms with E-state index in [2.05, 4.69) is 0 Å². The van der Waals surface area contributed by atoms with Crippen LogP contribution >= 0.6 is 0 Å². The standard InChI is InChI=1S/C10H18O2/c1-9(2,11)8-6-4-5-7-10(8,3)12/h4,6,8,11-12H,5,7H2,1-3H3/t8?,10-/m1/s1. The van der Waals surface area contributed by atoms with Crippen LogP contribution in [0.15, 0.2) is 12.2 Å². The molecule has 70 valence electrons. The SMILES string of the molecule is CC(C)(O)C1C=CCC[C@@]1(C)O. The van der Waals surface area contributed by atoms with E-state index in [1.165, 1.54) is 0 Å². The fourth-order valence-corrected chi connectivity index (χ4v) is 1.97. The third kappa shape index (κ3) is 1.87. The van der Waals surface area contributed by atoms with Crippen molar-refractivity contribution in [2.24, 2.45) is 5.92 Å². The quantitative estimate of drug-likeness (QED) is 0.585. The van der Waals surface area contributed by atoms with Gasteiger partial charge in [0.1, 0.15) is 0 Å². The molecule has 1 aliphatic carbocycles. The van der Waals surface area contributed by atoms with Crippen LogP contribution in [0.25, 0.3) is 0 Å². The molecule has 1 unspecified atom stereocenters. The summed E-state index contributed by atoms with van der Waals surface area (Å²) in [5, 5.41) is 19.7. The Morgan fingerprint density at radius 3 is 2.42 bits per heavy atom. The van der Waals surface area contributed by atoms with E-state index in [0.29, 0.717) is 0 Å². The van der Waals surface area contributed by atoms with Gasteiger partial charge < -0.3 is 10.2 Å². The zero-order chi connectivity index (χ0) is 9.41. The number of hydrogen-bond acceptors (Lipinski definition) is 2. The monoisotopic (exact) mass is 170 g/mol.